The number of aliphatic hydroxyl groups is 1. The van der Waals surface area contributed by atoms with Gasteiger partial charge in [0.15, 0.2) is 5.49 Å². The summed E-state index contributed by atoms with van der Waals surface area (Å²) in [7, 11) is 1.92. The average molecular weight is 496 g/mol. The van der Waals surface area contributed by atoms with E-state index in [9.17, 15) is 23.1 Å². The van der Waals surface area contributed by atoms with E-state index in [2.05, 4.69) is 25.8 Å². The number of ether oxygens (including phenoxy) is 1. The molecule has 35 heavy (non-hydrogen) atoms. The van der Waals surface area contributed by atoms with E-state index in [0.717, 1.165) is 36.7 Å². The molecule has 0 bridgehead atoms. The van der Waals surface area contributed by atoms with Gasteiger partial charge in [0, 0.05) is 30.8 Å². The van der Waals surface area contributed by atoms with E-state index in [-0.39, 0.29) is 23.3 Å². The fourth-order valence-electron chi connectivity index (χ4n) is 4.44. The Morgan fingerprint density at radius 1 is 1.11 bits per heavy atom. The molecule has 1 saturated carbocycles. The molecule has 6 nitrogen and oxygen atoms in total. The highest BCUT2D eigenvalue weighted by atomic mass is 19.4. The summed E-state index contributed by atoms with van der Waals surface area (Å²) in [6, 6.07) is 4.56. The molecule has 0 atom stereocenters. The van der Waals surface area contributed by atoms with E-state index in [4.69, 9.17) is 4.74 Å². The molecule has 0 spiro atoms. The average Bonchev–Trinajstić information content (AvgIpc) is 3.34. The molecule has 0 unspecified atom stereocenters. The fourth-order valence-corrected chi connectivity index (χ4v) is 4.44. The van der Waals surface area contributed by atoms with Crippen LogP contribution >= 0.6 is 0 Å². The van der Waals surface area contributed by atoms with Crippen LogP contribution in [0, 0.1) is 5.92 Å². The van der Waals surface area contributed by atoms with E-state index in [1.165, 1.54) is 26.7 Å². The molecule has 1 aliphatic carbocycles. The van der Waals surface area contributed by atoms with Crippen LogP contribution in [0.5, 0.6) is 5.75 Å². The van der Waals surface area contributed by atoms with Gasteiger partial charge >= 0.3 is 6.18 Å². The Kier molecular flexibility index (Phi) is 7.60. The first-order valence-electron chi connectivity index (χ1n) is 12.0. The molecule has 0 radical (unpaired) electrons. The number of carbonyl (C=O) groups is 1. The largest absolute Gasteiger partial charge is 0.490 e. The molecular formula is C26H36F3N3O3. The van der Waals surface area contributed by atoms with E-state index in [0.29, 0.717) is 18.0 Å². The molecule has 1 fully saturated rings. The highest BCUT2D eigenvalue weighted by Crippen LogP contribution is 2.33. The Balaban J connectivity index is 2.10. The van der Waals surface area contributed by atoms with Gasteiger partial charge in [0.25, 0.3) is 5.91 Å². The van der Waals surface area contributed by atoms with Gasteiger partial charge in [-0.3, -0.25) is 14.2 Å². The van der Waals surface area contributed by atoms with Gasteiger partial charge in [-0.2, -0.15) is 18.2 Å². The summed E-state index contributed by atoms with van der Waals surface area (Å²) in [6.45, 7) is 9.68. The van der Waals surface area contributed by atoms with E-state index in [1.807, 2.05) is 22.5 Å². The lowest BCUT2D eigenvalue weighted by atomic mass is 9.92. The zero-order valence-corrected chi connectivity index (χ0v) is 21.4. The van der Waals surface area contributed by atoms with Crippen molar-refractivity contribution in [3.63, 3.8) is 0 Å². The summed E-state index contributed by atoms with van der Waals surface area (Å²) in [6.07, 6.45) is -0.102. The summed E-state index contributed by atoms with van der Waals surface area (Å²) in [5.41, 5.74) is -1.34. The number of alkyl halides is 3. The molecule has 9 heteroatoms. The van der Waals surface area contributed by atoms with Crippen LogP contribution in [0.4, 0.5) is 13.2 Å². The molecule has 1 N–H and O–H groups in total. The second kappa shape index (κ2) is 9.84. The van der Waals surface area contributed by atoms with Crippen molar-refractivity contribution in [1.29, 1.82) is 0 Å². The van der Waals surface area contributed by atoms with Gasteiger partial charge in [-0.25, -0.2) is 0 Å². The number of benzene rings is 1. The maximum Gasteiger partial charge on any atom is 0.416 e. The van der Waals surface area contributed by atoms with Crippen molar-refractivity contribution in [2.75, 3.05) is 6.61 Å². The monoisotopic (exact) mass is 495 g/mol. The Hall–Kier alpha value is -2.55. The third-order valence-electron chi connectivity index (χ3n) is 6.25. The first-order valence-corrected chi connectivity index (χ1v) is 12.0. The third-order valence-corrected chi connectivity index (χ3v) is 6.25. The Morgan fingerprint density at radius 3 is 2.29 bits per heavy atom. The van der Waals surface area contributed by atoms with Crippen molar-refractivity contribution < 1.29 is 27.8 Å². The summed E-state index contributed by atoms with van der Waals surface area (Å²) < 4.78 is 49.7. The number of hydrogen-bond acceptors (Lipinski definition) is 3. The van der Waals surface area contributed by atoms with Gasteiger partial charge in [-0.1, -0.05) is 33.6 Å². The summed E-state index contributed by atoms with van der Waals surface area (Å²) in [5, 5.41) is 9.99. The predicted octanol–water partition coefficient (Wildman–Crippen LogP) is 5.22. The lowest BCUT2D eigenvalue weighted by Gasteiger charge is -2.21. The van der Waals surface area contributed by atoms with Crippen LogP contribution in [0.15, 0.2) is 29.3 Å². The SMILES string of the molecule is Cn1c(C(C)(C)C)cc(=NC(=O)c2cc(C(F)(F)F)ccc2OCC(C)(C)O)n1CC1CCCC1. The second-order valence-corrected chi connectivity index (χ2v) is 11.1. The lowest BCUT2D eigenvalue weighted by molar-refractivity contribution is -0.137. The number of carbonyl (C=O) groups excluding carboxylic acids is 1. The molecule has 0 aliphatic heterocycles. The summed E-state index contributed by atoms with van der Waals surface area (Å²) in [4.78, 5) is 17.6. The van der Waals surface area contributed by atoms with E-state index >= 15 is 0 Å². The maximum atomic E-state index is 13.4. The van der Waals surface area contributed by atoms with Crippen LogP contribution in [0.1, 0.15) is 81.9 Å². The predicted molar refractivity (Wildman–Crippen MR) is 127 cm³/mol. The standard InChI is InChI=1S/C26H36F3N3O3/c1-24(2,3)21-14-22(32(31(21)6)15-17-9-7-8-10-17)30-23(33)19-13-18(26(27,28)29)11-12-20(19)35-16-25(4,5)34/h11-14,17,34H,7-10,15-16H2,1-6H3. The van der Waals surface area contributed by atoms with Crippen molar-refractivity contribution in [2.24, 2.45) is 18.0 Å². The zero-order valence-electron chi connectivity index (χ0n) is 21.4. The Labute approximate surface area is 204 Å². The molecule has 1 heterocycles. The number of rotatable bonds is 6. The van der Waals surface area contributed by atoms with Crippen molar-refractivity contribution in [3.8, 4) is 5.75 Å². The van der Waals surface area contributed by atoms with E-state index < -0.39 is 23.2 Å². The van der Waals surface area contributed by atoms with Crippen molar-refractivity contribution >= 4 is 5.91 Å². The quantitative estimate of drug-likeness (QED) is 0.597. The number of nitrogens with zero attached hydrogens (tertiary/aromatic N) is 3. The molecule has 0 saturated heterocycles. The zero-order chi connectivity index (χ0) is 26.2. The van der Waals surface area contributed by atoms with Crippen LogP contribution in [0.2, 0.25) is 0 Å². The first kappa shape index (κ1) is 27.0. The van der Waals surface area contributed by atoms with Crippen LogP contribution in [0.25, 0.3) is 0 Å². The minimum Gasteiger partial charge on any atom is -0.490 e. The summed E-state index contributed by atoms with van der Waals surface area (Å²) >= 11 is 0. The second-order valence-electron chi connectivity index (χ2n) is 11.1. The van der Waals surface area contributed by atoms with Gasteiger partial charge in [0.05, 0.1) is 16.7 Å². The number of amides is 1. The molecule has 3 rings (SSSR count). The van der Waals surface area contributed by atoms with Crippen molar-refractivity contribution in [1.82, 2.24) is 9.36 Å². The normalized spacial score (nSPS) is 16.2. The van der Waals surface area contributed by atoms with Crippen LogP contribution in [0.3, 0.4) is 0 Å². The maximum absolute atomic E-state index is 13.4. The van der Waals surface area contributed by atoms with Gasteiger partial charge < -0.3 is 9.84 Å². The highest BCUT2D eigenvalue weighted by molar-refractivity contribution is 5.97. The van der Waals surface area contributed by atoms with Gasteiger partial charge in [-0.15, -0.1) is 0 Å². The topological polar surface area (TPSA) is 68.8 Å². The van der Waals surface area contributed by atoms with Crippen molar-refractivity contribution in [3.05, 3.63) is 46.6 Å². The summed E-state index contributed by atoms with van der Waals surface area (Å²) in [5.74, 6) is -0.416. The first-order chi connectivity index (χ1) is 16.1. The fraction of sp³-hybridized carbons (Fsp3) is 0.615. The molecule has 1 amide bonds. The number of halogens is 3. The van der Waals surface area contributed by atoms with Gasteiger partial charge in [-0.05, 0) is 50.8 Å². The molecule has 1 aromatic heterocycles. The highest BCUT2D eigenvalue weighted by Gasteiger charge is 2.32. The molecular weight excluding hydrogens is 459 g/mol. The van der Waals surface area contributed by atoms with Gasteiger partial charge in [0.2, 0.25) is 0 Å². The molecule has 1 aliphatic rings. The number of aromatic nitrogens is 2. The number of hydrogen-bond donors (Lipinski definition) is 1. The Bertz CT molecular complexity index is 1130. The molecule has 1 aromatic carbocycles. The lowest BCUT2D eigenvalue weighted by Crippen LogP contribution is -2.29. The Morgan fingerprint density at radius 2 is 1.74 bits per heavy atom. The molecule has 2 aromatic rings. The third kappa shape index (κ3) is 6.78. The minimum absolute atomic E-state index is 0.0526. The van der Waals surface area contributed by atoms with Gasteiger partial charge in [0.1, 0.15) is 12.4 Å². The smallest absolute Gasteiger partial charge is 0.416 e. The molecule has 194 valence electrons. The van der Waals surface area contributed by atoms with Crippen LogP contribution in [-0.4, -0.2) is 32.6 Å². The van der Waals surface area contributed by atoms with Crippen LogP contribution < -0.4 is 10.2 Å². The van der Waals surface area contributed by atoms with Crippen molar-refractivity contribution in [2.45, 2.75) is 84.0 Å². The minimum atomic E-state index is -4.63. The van der Waals surface area contributed by atoms with Crippen LogP contribution in [-0.2, 0) is 25.2 Å². The van der Waals surface area contributed by atoms with E-state index in [1.54, 1.807) is 0 Å².